The van der Waals surface area contributed by atoms with Crippen LogP contribution in [0.5, 0.6) is 0 Å². The lowest BCUT2D eigenvalue weighted by Crippen LogP contribution is -2.51. The Labute approximate surface area is 126 Å². The molecule has 21 heavy (non-hydrogen) atoms. The Morgan fingerprint density at radius 1 is 1.14 bits per heavy atom. The molecule has 0 radical (unpaired) electrons. The van der Waals surface area contributed by atoms with E-state index in [9.17, 15) is 9.59 Å². The van der Waals surface area contributed by atoms with Crippen LogP contribution < -0.4 is 16.4 Å². The van der Waals surface area contributed by atoms with Crippen molar-refractivity contribution in [1.29, 1.82) is 0 Å². The first-order chi connectivity index (χ1) is 9.90. The highest BCUT2D eigenvalue weighted by Crippen LogP contribution is 2.09. The summed E-state index contributed by atoms with van der Waals surface area (Å²) in [7, 11) is 0. The quantitative estimate of drug-likeness (QED) is 0.713. The van der Waals surface area contributed by atoms with Crippen molar-refractivity contribution < 1.29 is 9.59 Å². The molecule has 0 fully saturated rings. The van der Waals surface area contributed by atoms with Crippen molar-refractivity contribution in [3.8, 4) is 0 Å². The van der Waals surface area contributed by atoms with E-state index in [1.807, 2.05) is 26.0 Å². The van der Waals surface area contributed by atoms with E-state index >= 15 is 0 Å². The van der Waals surface area contributed by atoms with E-state index in [-0.39, 0.29) is 11.8 Å². The summed E-state index contributed by atoms with van der Waals surface area (Å²) >= 11 is 0. The van der Waals surface area contributed by atoms with Crippen LogP contribution in [0, 0.1) is 0 Å². The predicted molar refractivity (Wildman–Crippen MR) is 83.8 cm³/mol. The Morgan fingerprint density at radius 3 is 2.29 bits per heavy atom. The molecule has 116 valence electrons. The molecule has 5 nitrogen and oxygen atoms in total. The average Bonchev–Trinajstić information content (AvgIpc) is 2.45. The lowest BCUT2D eigenvalue weighted by Gasteiger charge is -2.22. The van der Waals surface area contributed by atoms with E-state index in [1.165, 1.54) is 0 Å². The predicted octanol–water partition coefficient (Wildman–Crippen LogP) is 1.57. The number of benzene rings is 1. The molecule has 2 amide bonds. The average molecular weight is 291 g/mol. The van der Waals surface area contributed by atoms with Gasteiger partial charge in [0.2, 0.25) is 5.91 Å². The number of nitrogens with one attached hydrogen (secondary N) is 2. The topological polar surface area (TPSA) is 84.2 Å². The van der Waals surface area contributed by atoms with E-state index in [0.29, 0.717) is 25.1 Å². The Kier molecular flexibility index (Phi) is 6.37. The van der Waals surface area contributed by atoms with E-state index in [4.69, 9.17) is 5.73 Å². The van der Waals surface area contributed by atoms with Crippen molar-refractivity contribution in [2.75, 3.05) is 6.54 Å². The van der Waals surface area contributed by atoms with Gasteiger partial charge in [-0.3, -0.25) is 9.59 Å². The van der Waals surface area contributed by atoms with E-state index < -0.39 is 5.54 Å². The van der Waals surface area contributed by atoms with Gasteiger partial charge in [0, 0.05) is 18.7 Å². The number of rotatable bonds is 7. The summed E-state index contributed by atoms with van der Waals surface area (Å²) in [5.74, 6) is -0.247. The Bertz CT molecular complexity index is 481. The van der Waals surface area contributed by atoms with Gasteiger partial charge in [-0.05, 0) is 38.0 Å². The monoisotopic (exact) mass is 291 g/mol. The molecule has 1 unspecified atom stereocenters. The van der Waals surface area contributed by atoms with Crippen LogP contribution >= 0.6 is 0 Å². The van der Waals surface area contributed by atoms with Crippen LogP contribution in [0.4, 0.5) is 0 Å². The molecule has 1 aromatic rings. The van der Waals surface area contributed by atoms with Crippen molar-refractivity contribution in [1.82, 2.24) is 10.6 Å². The van der Waals surface area contributed by atoms with Gasteiger partial charge in [-0.25, -0.2) is 0 Å². The molecule has 0 aromatic heterocycles. The van der Waals surface area contributed by atoms with Gasteiger partial charge in [0.25, 0.3) is 5.91 Å². The summed E-state index contributed by atoms with van der Waals surface area (Å²) in [6.07, 6.45) is 1.51. The minimum Gasteiger partial charge on any atom is -0.352 e. The first-order valence-electron chi connectivity index (χ1n) is 7.35. The maximum Gasteiger partial charge on any atom is 0.251 e. The van der Waals surface area contributed by atoms with Crippen LogP contribution in [0.3, 0.4) is 0 Å². The highest BCUT2D eigenvalue weighted by molar-refractivity contribution is 5.94. The normalized spacial score (nSPS) is 13.3. The molecule has 1 aromatic carbocycles. The Hall–Kier alpha value is -1.88. The van der Waals surface area contributed by atoms with Crippen molar-refractivity contribution >= 4 is 11.8 Å². The van der Waals surface area contributed by atoms with Gasteiger partial charge in [-0.15, -0.1) is 0 Å². The smallest absolute Gasteiger partial charge is 0.251 e. The standard InChI is InChI=1S/C16H25N3O2/c1-4-10-16(3,17)15(21)19-11-12-6-8-13(9-7-12)14(20)18-5-2/h6-9H,4-5,10-11,17H2,1-3H3,(H,18,20)(H,19,21). The van der Waals surface area contributed by atoms with Gasteiger partial charge in [0.05, 0.1) is 5.54 Å². The summed E-state index contributed by atoms with van der Waals surface area (Å²) in [5.41, 5.74) is 6.68. The van der Waals surface area contributed by atoms with Crippen molar-refractivity contribution in [2.45, 2.75) is 45.7 Å². The summed E-state index contributed by atoms with van der Waals surface area (Å²) in [5, 5.41) is 5.57. The van der Waals surface area contributed by atoms with Crippen LogP contribution in [-0.4, -0.2) is 23.9 Å². The molecule has 0 saturated heterocycles. The minimum atomic E-state index is -0.838. The second kappa shape index (κ2) is 7.78. The Balaban J connectivity index is 2.57. The van der Waals surface area contributed by atoms with Crippen molar-refractivity contribution in [3.05, 3.63) is 35.4 Å². The van der Waals surface area contributed by atoms with Crippen molar-refractivity contribution in [3.63, 3.8) is 0 Å². The van der Waals surface area contributed by atoms with Gasteiger partial charge in [0.1, 0.15) is 0 Å². The minimum absolute atomic E-state index is 0.0921. The fourth-order valence-electron chi connectivity index (χ4n) is 2.05. The van der Waals surface area contributed by atoms with Gasteiger partial charge in [-0.1, -0.05) is 25.5 Å². The van der Waals surface area contributed by atoms with E-state index in [2.05, 4.69) is 10.6 Å². The molecule has 0 saturated carbocycles. The Morgan fingerprint density at radius 2 is 1.76 bits per heavy atom. The number of hydrogen-bond acceptors (Lipinski definition) is 3. The van der Waals surface area contributed by atoms with Gasteiger partial charge >= 0.3 is 0 Å². The molecule has 0 aliphatic heterocycles. The zero-order valence-corrected chi connectivity index (χ0v) is 13.0. The lowest BCUT2D eigenvalue weighted by molar-refractivity contribution is -0.126. The first kappa shape index (κ1) is 17.2. The van der Waals surface area contributed by atoms with Gasteiger partial charge < -0.3 is 16.4 Å². The van der Waals surface area contributed by atoms with Crippen LogP contribution in [-0.2, 0) is 11.3 Å². The molecular weight excluding hydrogens is 266 g/mol. The van der Waals surface area contributed by atoms with Crippen LogP contribution in [0.1, 0.15) is 49.5 Å². The highest BCUT2D eigenvalue weighted by Gasteiger charge is 2.26. The molecule has 1 atom stereocenters. The number of hydrogen-bond donors (Lipinski definition) is 3. The molecule has 0 bridgehead atoms. The van der Waals surface area contributed by atoms with Gasteiger partial charge in [-0.2, -0.15) is 0 Å². The van der Waals surface area contributed by atoms with E-state index in [0.717, 1.165) is 12.0 Å². The van der Waals surface area contributed by atoms with Crippen LogP contribution in [0.25, 0.3) is 0 Å². The zero-order valence-electron chi connectivity index (χ0n) is 13.0. The number of nitrogens with two attached hydrogens (primary N) is 1. The maximum atomic E-state index is 12.0. The SMILES string of the molecule is CCCC(C)(N)C(=O)NCc1ccc(C(=O)NCC)cc1. The molecule has 1 rings (SSSR count). The fraction of sp³-hybridized carbons (Fsp3) is 0.500. The number of carbonyl (C=O) groups is 2. The molecular formula is C16H25N3O2. The number of carbonyl (C=O) groups excluding carboxylic acids is 2. The summed E-state index contributed by atoms with van der Waals surface area (Å²) in [6.45, 7) is 6.62. The first-order valence-corrected chi connectivity index (χ1v) is 7.35. The van der Waals surface area contributed by atoms with E-state index in [1.54, 1.807) is 19.1 Å². The summed E-state index contributed by atoms with van der Waals surface area (Å²) in [6, 6.07) is 7.16. The molecule has 0 aliphatic carbocycles. The molecule has 4 N–H and O–H groups in total. The third-order valence-electron chi connectivity index (χ3n) is 3.29. The van der Waals surface area contributed by atoms with Crippen LogP contribution in [0.2, 0.25) is 0 Å². The lowest BCUT2D eigenvalue weighted by atomic mass is 9.96. The summed E-state index contributed by atoms with van der Waals surface area (Å²) < 4.78 is 0. The second-order valence-electron chi connectivity index (χ2n) is 5.41. The van der Waals surface area contributed by atoms with Gasteiger partial charge in [0.15, 0.2) is 0 Å². The molecule has 0 aliphatic rings. The van der Waals surface area contributed by atoms with Crippen molar-refractivity contribution in [2.24, 2.45) is 5.73 Å². The molecule has 0 spiro atoms. The highest BCUT2D eigenvalue weighted by atomic mass is 16.2. The molecule has 5 heteroatoms. The number of amides is 2. The van der Waals surface area contributed by atoms with Crippen LogP contribution in [0.15, 0.2) is 24.3 Å². The third kappa shape index (κ3) is 5.19. The molecule has 0 heterocycles. The second-order valence-corrected chi connectivity index (χ2v) is 5.41. The fourth-order valence-corrected chi connectivity index (χ4v) is 2.05. The third-order valence-corrected chi connectivity index (χ3v) is 3.29. The summed E-state index contributed by atoms with van der Waals surface area (Å²) in [4.78, 5) is 23.6. The zero-order chi connectivity index (χ0) is 15.9. The largest absolute Gasteiger partial charge is 0.352 e. The maximum absolute atomic E-state index is 12.0.